The number of rotatable bonds is 4. The van der Waals surface area contributed by atoms with E-state index in [1.165, 1.54) is 0 Å². The fourth-order valence-corrected chi connectivity index (χ4v) is 3.05. The molecule has 1 aromatic rings. The number of alkyl halides is 2. The molecule has 2 fully saturated rings. The SMILES string of the molecule is CC1(C)OB(c2cc(OC(F)F)cc(N3CCCC3)c2)OC1(C)C. The van der Waals surface area contributed by atoms with Crippen molar-refractivity contribution in [1.82, 2.24) is 0 Å². The van der Waals surface area contributed by atoms with Gasteiger partial charge in [-0.25, -0.2) is 0 Å². The molecular weight excluding hydrogens is 315 g/mol. The van der Waals surface area contributed by atoms with Crippen LogP contribution in [0.15, 0.2) is 18.2 Å². The van der Waals surface area contributed by atoms with Crippen LogP contribution in [0.25, 0.3) is 0 Å². The summed E-state index contributed by atoms with van der Waals surface area (Å²) in [6.45, 7) is 6.84. The fraction of sp³-hybridized carbons (Fsp3) is 0.647. The van der Waals surface area contributed by atoms with Crippen LogP contribution in [0, 0.1) is 0 Å². The molecule has 1 aromatic carbocycles. The lowest BCUT2D eigenvalue weighted by atomic mass is 9.78. The maximum absolute atomic E-state index is 12.7. The molecule has 3 rings (SSSR count). The minimum Gasteiger partial charge on any atom is -0.435 e. The zero-order chi connectivity index (χ0) is 17.5. The highest BCUT2D eigenvalue weighted by Crippen LogP contribution is 2.37. The summed E-state index contributed by atoms with van der Waals surface area (Å²) >= 11 is 0. The maximum atomic E-state index is 12.7. The van der Waals surface area contributed by atoms with Gasteiger partial charge < -0.3 is 18.9 Å². The summed E-state index contributed by atoms with van der Waals surface area (Å²) in [4.78, 5) is 2.17. The molecule has 0 aliphatic carbocycles. The van der Waals surface area contributed by atoms with Crippen LogP contribution in [0.5, 0.6) is 5.75 Å². The lowest BCUT2D eigenvalue weighted by molar-refractivity contribution is -0.0497. The first kappa shape index (κ1) is 17.5. The molecule has 2 aliphatic rings. The second-order valence-electron chi connectivity index (χ2n) is 7.42. The van der Waals surface area contributed by atoms with Gasteiger partial charge in [0.05, 0.1) is 11.2 Å². The molecule has 0 N–H and O–H groups in total. The largest absolute Gasteiger partial charge is 0.495 e. The van der Waals surface area contributed by atoms with Crippen molar-refractivity contribution in [3.05, 3.63) is 18.2 Å². The van der Waals surface area contributed by atoms with Gasteiger partial charge in [-0.15, -0.1) is 0 Å². The Morgan fingerprint density at radius 2 is 1.62 bits per heavy atom. The Labute approximate surface area is 142 Å². The number of ether oxygens (including phenoxy) is 1. The van der Waals surface area contributed by atoms with Crippen LogP contribution >= 0.6 is 0 Å². The van der Waals surface area contributed by atoms with Crippen molar-refractivity contribution in [2.24, 2.45) is 0 Å². The van der Waals surface area contributed by atoms with Gasteiger partial charge in [-0.1, -0.05) is 0 Å². The highest BCUT2D eigenvalue weighted by molar-refractivity contribution is 6.62. The molecule has 0 unspecified atom stereocenters. The molecule has 2 heterocycles. The summed E-state index contributed by atoms with van der Waals surface area (Å²) in [5, 5.41) is 0. The lowest BCUT2D eigenvalue weighted by Crippen LogP contribution is -2.41. The number of benzene rings is 1. The highest BCUT2D eigenvalue weighted by atomic mass is 19.3. The van der Waals surface area contributed by atoms with Crippen molar-refractivity contribution in [2.45, 2.75) is 58.4 Å². The maximum Gasteiger partial charge on any atom is 0.495 e. The molecule has 0 atom stereocenters. The van der Waals surface area contributed by atoms with E-state index in [1.807, 2.05) is 33.8 Å². The van der Waals surface area contributed by atoms with E-state index in [9.17, 15) is 8.78 Å². The van der Waals surface area contributed by atoms with Crippen molar-refractivity contribution < 1.29 is 22.8 Å². The third-order valence-corrected chi connectivity index (χ3v) is 5.14. The molecule has 0 bridgehead atoms. The number of hydrogen-bond acceptors (Lipinski definition) is 4. The summed E-state index contributed by atoms with van der Waals surface area (Å²) in [5.41, 5.74) is 0.611. The predicted octanol–water partition coefficient (Wildman–Crippen LogP) is 3.19. The van der Waals surface area contributed by atoms with Crippen LogP contribution in [0.3, 0.4) is 0 Å². The standard InChI is InChI=1S/C17H24BF2NO3/c1-16(2)17(3,4)24-18(23-16)12-9-13(21-7-5-6-8-21)11-14(10-12)22-15(19)20/h9-11,15H,5-8H2,1-4H3. The quantitative estimate of drug-likeness (QED) is 0.789. The van der Waals surface area contributed by atoms with E-state index in [0.29, 0.717) is 5.46 Å². The molecular formula is C17H24BF2NO3. The molecule has 0 amide bonds. The zero-order valence-electron chi connectivity index (χ0n) is 14.6. The summed E-state index contributed by atoms with van der Waals surface area (Å²) in [6.07, 6.45) is 2.21. The fourth-order valence-electron chi connectivity index (χ4n) is 3.05. The van der Waals surface area contributed by atoms with E-state index < -0.39 is 24.9 Å². The van der Waals surface area contributed by atoms with Gasteiger partial charge >= 0.3 is 13.7 Å². The van der Waals surface area contributed by atoms with Crippen LogP contribution in [-0.2, 0) is 9.31 Å². The predicted molar refractivity (Wildman–Crippen MR) is 90.2 cm³/mol. The van der Waals surface area contributed by atoms with Gasteiger partial charge in [0.15, 0.2) is 0 Å². The third-order valence-electron chi connectivity index (χ3n) is 5.14. The Kier molecular flexibility index (Phi) is 4.51. The molecule has 7 heteroatoms. The van der Waals surface area contributed by atoms with Crippen molar-refractivity contribution in [2.75, 3.05) is 18.0 Å². The molecule has 2 aliphatic heterocycles. The molecule has 24 heavy (non-hydrogen) atoms. The monoisotopic (exact) mass is 339 g/mol. The first-order valence-electron chi connectivity index (χ1n) is 8.38. The third kappa shape index (κ3) is 3.37. The van der Waals surface area contributed by atoms with Gasteiger partial charge in [0.25, 0.3) is 0 Å². The van der Waals surface area contributed by atoms with Crippen LogP contribution < -0.4 is 15.1 Å². The van der Waals surface area contributed by atoms with Crippen LogP contribution in [0.2, 0.25) is 0 Å². The summed E-state index contributed by atoms with van der Waals surface area (Å²) in [6, 6.07) is 5.19. The first-order chi connectivity index (χ1) is 11.2. The van der Waals surface area contributed by atoms with Crippen LogP contribution in [0.1, 0.15) is 40.5 Å². The molecule has 2 saturated heterocycles. The number of nitrogens with zero attached hydrogens (tertiary/aromatic N) is 1. The Balaban J connectivity index is 1.93. The minimum absolute atomic E-state index is 0.138. The summed E-state index contributed by atoms with van der Waals surface area (Å²) in [7, 11) is -0.599. The van der Waals surface area contributed by atoms with E-state index in [4.69, 9.17) is 9.31 Å². The molecule has 4 nitrogen and oxygen atoms in total. The van der Waals surface area contributed by atoms with E-state index in [0.717, 1.165) is 31.6 Å². The van der Waals surface area contributed by atoms with Crippen LogP contribution in [-0.4, -0.2) is 38.0 Å². The second-order valence-corrected chi connectivity index (χ2v) is 7.42. The Morgan fingerprint density at radius 1 is 1.04 bits per heavy atom. The molecule has 0 saturated carbocycles. The van der Waals surface area contributed by atoms with Crippen LogP contribution in [0.4, 0.5) is 14.5 Å². The highest BCUT2D eigenvalue weighted by Gasteiger charge is 2.51. The van der Waals surface area contributed by atoms with Crippen molar-refractivity contribution in [1.29, 1.82) is 0 Å². The van der Waals surface area contributed by atoms with Gasteiger partial charge in [-0.2, -0.15) is 8.78 Å². The average molecular weight is 339 g/mol. The van der Waals surface area contributed by atoms with Gasteiger partial charge in [0.2, 0.25) is 0 Å². The van der Waals surface area contributed by atoms with Gasteiger partial charge in [0, 0.05) is 24.8 Å². The topological polar surface area (TPSA) is 30.9 Å². The van der Waals surface area contributed by atoms with E-state index in [1.54, 1.807) is 12.1 Å². The molecule has 0 radical (unpaired) electrons. The summed E-state index contributed by atoms with van der Waals surface area (Å²) < 4.78 is 42.1. The number of anilines is 1. The number of halogens is 2. The average Bonchev–Trinajstić information content (AvgIpc) is 3.05. The first-order valence-corrected chi connectivity index (χ1v) is 8.38. The second kappa shape index (κ2) is 6.19. The van der Waals surface area contributed by atoms with Crippen molar-refractivity contribution in [3.8, 4) is 5.75 Å². The van der Waals surface area contributed by atoms with Gasteiger partial charge in [0.1, 0.15) is 5.75 Å². The normalized spacial score (nSPS) is 22.5. The lowest BCUT2D eigenvalue weighted by Gasteiger charge is -2.32. The van der Waals surface area contributed by atoms with Gasteiger partial charge in [-0.05, 0) is 58.1 Å². The number of hydrogen-bond donors (Lipinski definition) is 0. The molecule has 132 valence electrons. The smallest absolute Gasteiger partial charge is 0.435 e. The zero-order valence-corrected chi connectivity index (χ0v) is 14.6. The Morgan fingerprint density at radius 3 is 2.17 bits per heavy atom. The van der Waals surface area contributed by atoms with Gasteiger partial charge in [-0.3, -0.25) is 0 Å². The van der Waals surface area contributed by atoms with E-state index in [2.05, 4.69) is 9.64 Å². The van der Waals surface area contributed by atoms with E-state index >= 15 is 0 Å². The van der Waals surface area contributed by atoms with Crippen molar-refractivity contribution in [3.63, 3.8) is 0 Å². The minimum atomic E-state index is -2.86. The van der Waals surface area contributed by atoms with Crippen molar-refractivity contribution >= 4 is 18.3 Å². The Bertz CT molecular complexity index is 587. The Hall–Kier alpha value is -1.34. The van der Waals surface area contributed by atoms with E-state index in [-0.39, 0.29) is 5.75 Å². The molecule has 0 spiro atoms. The molecule has 0 aromatic heterocycles. The summed E-state index contributed by atoms with van der Waals surface area (Å²) in [5.74, 6) is 0.138.